The predicted octanol–water partition coefficient (Wildman–Crippen LogP) is 5.55. The number of likely N-dealkylation sites (N-methyl/N-ethyl adjacent to an activating group) is 1. The van der Waals surface area contributed by atoms with Crippen molar-refractivity contribution in [3.8, 4) is 0 Å². The third kappa shape index (κ3) is 6.16. The Bertz CT molecular complexity index is 855. The average molecular weight is 502 g/mol. The molecule has 3 aliphatic rings. The number of fused-ring (bicyclic) bond motifs is 1. The first-order valence-corrected chi connectivity index (χ1v) is 14.4. The molecule has 0 radical (unpaired) electrons. The molecular formula is C31H51NO4. The third-order valence-corrected chi connectivity index (χ3v) is 9.82. The van der Waals surface area contributed by atoms with Crippen molar-refractivity contribution in [2.45, 2.75) is 117 Å². The maximum Gasteiger partial charge on any atom is 0.254 e. The van der Waals surface area contributed by atoms with Gasteiger partial charge in [-0.05, 0) is 106 Å². The summed E-state index contributed by atoms with van der Waals surface area (Å²) >= 11 is 0. The Morgan fingerprint density at radius 3 is 2.61 bits per heavy atom. The van der Waals surface area contributed by atoms with Gasteiger partial charge in [-0.3, -0.25) is 4.79 Å². The van der Waals surface area contributed by atoms with Gasteiger partial charge in [-0.2, -0.15) is 0 Å². The van der Waals surface area contributed by atoms with Gasteiger partial charge in [0, 0.05) is 19.5 Å². The van der Waals surface area contributed by atoms with Crippen LogP contribution >= 0.6 is 0 Å². The van der Waals surface area contributed by atoms with Crippen LogP contribution in [0.25, 0.3) is 0 Å². The van der Waals surface area contributed by atoms with E-state index in [0.29, 0.717) is 50.1 Å². The Morgan fingerprint density at radius 1 is 1.25 bits per heavy atom. The number of nitrogens with zero attached hydrogens (tertiary/aromatic N) is 1. The number of carbonyl (C=O) groups is 1. The lowest BCUT2D eigenvalue weighted by Crippen LogP contribution is -2.47. The van der Waals surface area contributed by atoms with Crippen LogP contribution in [0.2, 0.25) is 0 Å². The van der Waals surface area contributed by atoms with E-state index >= 15 is 0 Å². The lowest BCUT2D eigenvalue weighted by Gasteiger charge is -2.44. The molecule has 0 aromatic rings. The molecule has 36 heavy (non-hydrogen) atoms. The molecule has 5 nitrogen and oxygen atoms in total. The van der Waals surface area contributed by atoms with Crippen LogP contribution in [0.1, 0.15) is 98.8 Å². The minimum Gasteiger partial charge on any atom is -0.393 e. The van der Waals surface area contributed by atoms with Gasteiger partial charge in [0.25, 0.3) is 5.91 Å². The minimum absolute atomic E-state index is 0.148. The molecule has 7 atom stereocenters. The summed E-state index contributed by atoms with van der Waals surface area (Å²) in [5.41, 5.74) is 2.25. The third-order valence-electron chi connectivity index (χ3n) is 9.82. The second-order valence-corrected chi connectivity index (χ2v) is 12.3. The van der Waals surface area contributed by atoms with Crippen molar-refractivity contribution < 1.29 is 20.1 Å². The van der Waals surface area contributed by atoms with E-state index in [2.05, 4.69) is 32.6 Å². The summed E-state index contributed by atoms with van der Waals surface area (Å²) in [6.07, 6.45) is 12.6. The van der Waals surface area contributed by atoms with Crippen molar-refractivity contribution in [1.82, 2.24) is 4.90 Å². The van der Waals surface area contributed by atoms with Crippen LogP contribution in [-0.4, -0.2) is 57.0 Å². The molecule has 5 heteroatoms. The molecular weight excluding hydrogens is 450 g/mol. The van der Waals surface area contributed by atoms with Crippen LogP contribution in [0.15, 0.2) is 35.5 Å². The highest BCUT2D eigenvalue weighted by molar-refractivity contribution is 5.84. The summed E-state index contributed by atoms with van der Waals surface area (Å²) in [7, 11) is 0. The number of hydrogen-bond donors (Lipinski definition) is 3. The fraction of sp³-hybridized carbons (Fsp3) is 0.774. The maximum absolute atomic E-state index is 12.7. The van der Waals surface area contributed by atoms with E-state index in [4.69, 9.17) is 0 Å². The Morgan fingerprint density at radius 2 is 1.94 bits per heavy atom. The smallest absolute Gasteiger partial charge is 0.254 e. The first-order chi connectivity index (χ1) is 16.9. The van der Waals surface area contributed by atoms with Crippen molar-refractivity contribution in [3.05, 3.63) is 35.5 Å². The van der Waals surface area contributed by atoms with E-state index < -0.39 is 17.8 Å². The van der Waals surface area contributed by atoms with Crippen molar-refractivity contribution >= 4 is 5.91 Å². The summed E-state index contributed by atoms with van der Waals surface area (Å²) in [5.74, 6) is 1.63. The SMILES string of the molecule is C=C1/C(=C\C=C2/CCC[C@@]3(C)C2CC[C@@H]3[C@H](C)CCC[C@@](C)(O)C(=O)N(CC)CC)C[C@@H](O)C[C@@H]1O. The minimum atomic E-state index is -1.29. The molecule has 3 N–H and O–H groups in total. The van der Waals surface area contributed by atoms with Gasteiger partial charge in [0.2, 0.25) is 0 Å². The quantitative estimate of drug-likeness (QED) is 0.387. The molecule has 0 bridgehead atoms. The number of aliphatic hydroxyl groups is 3. The summed E-state index contributed by atoms with van der Waals surface area (Å²) in [5, 5.41) is 31.1. The first kappa shape index (κ1) is 29.1. The first-order valence-electron chi connectivity index (χ1n) is 14.4. The van der Waals surface area contributed by atoms with Gasteiger partial charge in [-0.1, -0.05) is 44.6 Å². The number of amides is 1. The van der Waals surface area contributed by atoms with E-state index in [1.54, 1.807) is 11.8 Å². The molecule has 3 fully saturated rings. The zero-order valence-electron chi connectivity index (χ0n) is 23.4. The fourth-order valence-corrected chi connectivity index (χ4v) is 7.61. The molecule has 204 valence electrons. The second kappa shape index (κ2) is 12.0. The zero-order valence-corrected chi connectivity index (χ0v) is 23.4. The molecule has 3 rings (SSSR count). The summed E-state index contributed by atoms with van der Waals surface area (Å²) in [6, 6.07) is 0. The molecule has 3 aliphatic carbocycles. The van der Waals surface area contributed by atoms with E-state index in [0.717, 1.165) is 30.4 Å². The zero-order chi connectivity index (χ0) is 26.7. The summed E-state index contributed by atoms with van der Waals surface area (Å²) < 4.78 is 0. The highest BCUT2D eigenvalue weighted by atomic mass is 16.3. The van der Waals surface area contributed by atoms with Crippen LogP contribution in [0.3, 0.4) is 0 Å². The van der Waals surface area contributed by atoms with E-state index in [1.807, 2.05) is 13.8 Å². The van der Waals surface area contributed by atoms with Crippen LogP contribution in [0.4, 0.5) is 0 Å². The van der Waals surface area contributed by atoms with Gasteiger partial charge >= 0.3 is 0 Å². The fourth-order valence-electron chi connectivity index (χ4n) is 7.61. The molecule has 3 saturated carbocycles. The van der Waals surface area contributed by atoms with Crippen LogP contribution < -0.4 is 0 Å². The van der Waals surface area contributed by atoms with Crippen molar-refractivity contribution in [2.75, 3.05) is 13.1 Å². The van der Waals surface area contributed by atoms with Crippen molar-refractivity contribution in [2.24, 2.45) is 23.2 Å². The molecule has 1 unspecified atom stereocenters. The van der Waals surface area contributed by atoms with Crippen molar-refractivity contribution in [3.63, 3.8) is 0 Å². The van der Waals surface area contributed by atoms with Gasteiger partial charge in [-0.15, -0.1) is 0 Å². The maximum atomic E-state index is 12.7. The Balaban J connectivity index is 1.64. The highest BCUT2D eigenvalue weighted by Gasteiger charge is 2.50. The van der Waals surface area contributed by atoms with Gasteiger partial charge in [0.05, 0.1) is 12.2 Å². The predicted molar refractivity (Wildman–Crippen MR) is 146 cm³/mol. The van der Waals surface area contributed by atoms with Gasteiger partial charge in [0.15, 0.2) is 0 Å². The lowest BCUT2D eigenvalue weighted by molar-refractivity contribution is -0.150. The van der Waals surface area contributed by atoms with Gasteiger partial charge < -0.3 is 20.2 Å². The van der Waals surface area contributed by atoms with Crippen molar-refractivity contribution in [1.29, 1.82) is 0 Å². The van der Waals surface area contributed by atoms with E-state index in [-0.39, 0.29) is 11.3 Å². The number of carbonyl (C=O) groups excluding carboxylic acids is 1. The van der Waals surface area contributed by atoms with E-state index in [9.17, 15) is 20.1 Å². The van der Waals surface area contributed by atoms with E-state index in [1.165, 1.54) is 31.3 Å². The number of hydrogen-bond acceptors (Lipinski definition) is 4. The average Bonchev–Trinajstić information content (AvgIpc) is 3.18. The number of allylic oxidation sites excluding steroid dienone is 3. The standard InChI is InChI=1S/C31H51NO4/c1-7-32(8-2)29(35)31(6,36)18-9-11-21(3)26-15-16-27-23(12-10-17-30(26,27)5)13-14-24-19-25(33)20-28(34)22(24)4/h13-14,21,25-28,33-34,36H,4,7-12,15-20H2,1-3,5-6H3/b23-13+,24-14-/t21-,25-,26-,27?,28+,30-,31-/m1/s1. The Labute approximate surface area is 219 Å². The van der Waals surface area contributed by atoms with Crippen LogP contribution in [0, 0.1) is 23.2 Å². The Kier molecular flexibility index (Phi) is 9.68. The largest absolute Gasteiger partial charge is 0.393 e. The molecule has 0 aliphatic heterocycles. The monoisotopic (exact) mass is 501 g/mol. The number of rotatable bonds is 9. The number of aliphatic hydroxyl groups excluding tert-OH is 2. The Hall–Kier alpha value is -1.43. The summed E-state index contributed by atoms with van der Waals surface area (Å²) in [4.78, 5) is 14.4. The normalized spacial score (nSPS) is 35.5. The lowest BCUT2D eigenvalue weighted by atomic mass is 9.60. The van der Waals surface area contributed by atoms with Gasteiger partial charge in [-0.25, -0.2) is 0 Å². The molecule has 0 heterocycles. The summed E-state index contributed by atoms with van der Waals surface area (Å²) in [6.45, 7) is 15.8. The highest BCUT2D eigenvalue weighted by Crippen LogP contribution is 2.60. The molecule has 0 aromatic heterocycles. The molecule has 0 spiro atoms. The van der Waals surface area contributed by atoms with Crippen LogP contribution in [-0.2, 0) is 4.79 Å². The molecule has 1 amide bonds. The van der Waals surface area contributed by atoms with Crippen LogP contribution in [0.5, 0.6) is 0 Å². The molecule has 0 saturated heterocycles. The van der Waals surface area contributed by atoms with Gasteiger partial charge in [0.1, 0.15) is 5.60 Å². The second-order valence-electron chi connectivity index (χ2n) is 12.3. The topological polar surface area (TPSA) is 81.0 Å². The molecule has 0 aromatic carbocycles.